The second kappa shape index (κ2) is 10.4. The number of esters is 1. The number of nitrogens with zero attached hydrogens (tertiary/aromatic N) is 1. The molecule has 1 saturated heterocycles. The van der Waals surface area contributed by atoms with Crippen LogP contribution in [-0.4, -0.2) is 55.7 Å². The van der Waals surface area contributed by atoms with Crippen LogP contribution < -0.4 is 10.1 Å². The highest BCUT2D eigenvalue weighted by Gasteiger charge is 2.60. The molecule has 0 bridgehead atoms. The molecule has 1 heterocycles. The van der Waals surface area contributed by atoms with Gasteiger partial charge in [-0.05, 0) is 74.7 Å². The summed E-state index contributed by atoms with van der Waals surface area (Å²) in [4.78, 5) is 27.5. The molecular weight excluding hydrogens is 487 g/mol. The van der Waals surface area contributed by atoms with Crippen molar-refractivity contribution in [2.24, 2.45) is 0 Å². The van der Waals surface area contributed by atoms with Crippen LogP contribution in [-0.2, 0) is 26.2 Å². The minimum Gasteiger partial charge on any atom is -0.497 e. The lowest BCUT2D eigenvalue weighted by atomic mass is 9.55. The molecule has 0 aromatic heterocycles. The van der Waals surface area contributed by atoms with Crippen LogP contribution in [0.3, 0.4) is 0 Å². The Balaban J connectivity index is 1.63. The van der Waals surface area contributed by atoms with Gasteiger partial charge in [0.1, 0.15) is 11.4 Å². The van der Waals surface area contributed by atoms with Crippen molar-refractivity contribution in [3.05, 3.63) is 63.6 Å². The number of hydrogen-bond acceptors (Lipinski definition) is 5. The highest BCUT2D eigenvalue weighted by Crippen LogP contribution is 2.54. The molecule has 1 amide bonds. The molecule has 2 fully saturated rings. The smallest absolute Gasteiger partial charge is 0.303 e. The number of hydrogen-bond donors (Lipinski definition) is 1. The maximum absolute atomic E-state index is 13.0. The minimum absolute atomic E-state index is 0.0523. The predicted molar refractivity (Wildman–Crippen MR) is 137 cm³/mol. The molecule has 1 aliphatic heterocycles. The number of carbonyl (C=O) groups is 2. The number of benzene rings is 2. The van der Waals surface area contributed by atoms with E-state index in [0.29, 0.717) is 29.4 Å². The molecule has 3 atom stereocenters. The van der Waals surface area contributed by atoms with Crippen LogP contribution in [0, 0.1) is 0 Å². The number of nitrogens with one attached hydrogen (secondary N) is 1. The number of likely N-dealkylation sites (tertiary alicyclic amines) is 1. The van der Waals surface area contributed by atoms with Crippen molar-refractivity contribution in [2.45, 2.75) is 56.1 Å². The van der Waals surface area contributed by atoms with E-state index in [0.717, 1.165) is 36.3 Å². The first-order chi connectivity index (χ1) is 16.7. The van der Waals surface area contributed by atoms with Crippen molar-refractivity contribution in [1.82, 2.24) is 10.2 Å². The third-order valence-electron chi connectivity index (χ3n) is 7.48. The normalized spacial score (nSPS) is 26.5. The van der Waals surface area contributed by atoms with E-state index in [-0.39, 0.29) is 24.3 Å². The van der Waals surface area contributed by atoms with Crippen molar-refractivity contribution >= 4 is 35.1 Å². The number of piperidine rings is 1. The largest absolute Gasteiger partial charge is 0.497 e. The Hall–Kier alpha value is -2.28. The standard InChI is InChI=1S/C27H32Cl2N2O4/c1-18(32)35-27-10-9-21(30-25(33)14-19-7-8-23(28)24(29)13-19)16-26(27,11-12-31(2)17-27)20-5-4-6-22(15-20)34-3/h4-8,13,15,21H,9-12,14,16-17H2,1-3H3,(H,30,33)/t21-,26?,27?/m0/s1. The molecule has 4 rings (SSSR count). The van der Waals surface area contributed by atoms with E-state index >= 15 is 0 Å². The Morgan fingerprint density at radius 2 is 1.94 bits per heavy atom. The number of methoxy groups -OCH3 is 1. The summed E-state index contributed by atoms with van der Waals surface area (Å²) in [5, 5.41) is 4.14. The Labute approximate surface area is 216 Å². The topological polar surface area (TPSA) is 67.9 Å². The van der Waals surface area contributed by atoms with Gasteiger partial charge in [-0.2, -0.15) is 0 Å². The van der Waals surface area contributed by atoms with Gasteiger partial charge in [0, 0.05) is 24.9 Å². The highest BCUT2D eigenvalue weighted by atomic mass is 35.5. The fourth-order valence-electron chi connectivity index (χ4n) is 5.95. The summed E-state index contributed by atoms with van der Waals surface area (Å²) in [5.74, 6) is 0.412. The molecule has 8 heteroatoms. The van der Waals surface area contributed by atoms with Gasteiger partial charge in [-0.25, -0.2) is 0 Å². The number of halogens is 2. The average Bonchev–Trinajstić information content (AvgIpc) is 2.81. The third kappa shape index (κ3) is 5.30. The van der Waals surface area contributed by atoms with Crippen LogP contribution in [0.5, 0.6) is 5.75 Å². The summed E-state index contributed by atoms with van der Waals surface area (Å²) in [6, 6.07) is 13.2. The lowest BCUT2D eigenvalue weighted by molar-refractivity contribution is -0.185. The maximum atomic E-state index is 13.0. The van der Waals surface area contributed by atoms with Gasteiger partial charge in [0.25, 0.3) is 0 Å². The number of likely N-dealkylation sites (N-methyl/N-ethyl adjacent to an activating group) is 1. The highest BCUT2D eigenvalue weighted by molar-refractivity contribution is 6.42. The fraction of sp³-hybridized carbons (Fsp3) is 0.481. The van der Waals surface area contributed by atoms with E-state index in [4.69, 9.17) is 32.7 Å². The number of ether oxygens (including phenoxy) is 2. The van der Waals surface area contributed by atoms with Crippen LogP contribution in [0.4, 0.5) is 0 Å². The molecule has 0 radical (unpaired) electrons. The summed E-state index contributed by atoms with van der Waals surface area (Å²) in [6.07, 6.45) is 3.08. The first-order valence-corrected chi connectivity index (χ1v) is 12.7. The lowest BCUT2D eigenvalue weighted by Gasteiger charge is -2.59. The summed E-state index contributed by atoms with van der Waals surface area (Å²) in [5.41, 5.74) is 0.765. The van der Waals surface area contributed by atoms with Gasteiger partial charge in [-0.1, -0.05) is 41.4 Å². The molecule has 2 aromatic carbocycles. The molecular formula is C27H32Cl2N2O4. The van der Waals surface area contributed by atoms with Crippen LogP contribution in [0.1, 0.15) is 43.7 Å². The molecule has 188 valence electrons. The molecule has 2 aliphatic rings. The van der Waals surface area contributed by atoms with Crippen LogP contribution in [0.2, 0.25) is 10.0 Å². The van der Waals surface area contributed by atoms with Crippen LogP contribution in [0.15, 0.2) is 42.5 Å². The zero-order chi connectivity index (χ0) is 25.2. The minimum atomic E-state index is -0.677. The molecule has 35 heavy (non-hydrogen) atoms. The molecule has 2 unspecified atom stereocenters. The molecule has 2 aromatic rings. The number of amides is 1. The number of rotatable bonds is 6. The van der Waals surface area contributed by atoms with Crippen molar-refractivity contribution in [1.29, 1.82) is 0 Å². The first kappa shape index (κ1) is 25.8. The lowest BCUT2D eigenvalue weighted by Crippen LogP contribution is -2.68. The first-order valence-electron chi connectivity index (χ1n) is 11.9. The Morgan fingerprint density at radius 3 is 2.66 bits per heavy atom. The van der Waals surface area contributed by atoms with Gasteiger partial charge in [-0.3, -0.25) is 9.59 Å². The van der Waals surface area contributed by atoms with E-state index in [1.807, 2.05) is 24.3 Å². The van der Waals surface area contributed by atoms with E-state index in [9.17, 15) is 9.59 Å². The van der Waals surface area contributed by atoms with Gasteiger partial charge >= 0.3 is 5.97 Å². The second-order valence-electron chi connectivity index (χ2n) is 9.82. The van der Waals surface area contributed by atoms with Gasteiger partial charge < -0.3 is 19.7 Å². The van der Waals surface area contributed by atoms with E-state index in [2.05, 4.69) is 23.3 Å². The van der Waals surface area contributed by atoms with Crippen molar-refractivity contribution < 1.29 is 19.1 Å². The van der Waals surface area contributed by atoms with Crippen molar-refractivity contribution in [2.75, 3.05) is 27.2 Å². The third-order valence-corrected chi connectivity index (χ3v) is 8.22. The van der Waals surface area contributed by atoms with Gasteiger partial charge in [0.2, 0.25) is 5.91 Å². The Kier molecular flexibility index (Phi) is 7.65. The second-order valence-corrected chi connectivity index (χ2v) is 10.6. The summed E-state index contributed by atoms with van der Waals surface area (Å²) >= 11 is 12.1. The molecule has 6 nitrogen and oxygen atoms in total. The fourth-order valence-corrected chi connectivity index (χ4v) is 6.27. The SMILES string of the molecule is COc1cccc(C23CCN(C)CC2(OC(C)=O)CC[C@H](NC(=O)Cc2ccc(Cl)c(Cl)c2)C3)c1. The zero-order valence-corrected chi connectivity index (χ0v) is 21.9. The van der Waals surface area contributed by atoms with E-state index < -0.39 is 11.0 Å². The Bertz CT molecular complexity index is 1110. The van der Waals surface area contributed by atoms with Gasteiger partial charge in [-0.15, -0.1) is 0 Å². The van der Waals surface area contributed by atoms with Gasteiger partial charge in [0.05, 0.1) is 23.6 Å². The Morgan fingerprint density at radius 1 is 1.14 bits per heavy atom. The molecule has 1 aliphatic carbocycles. The van der Waals surface area contributed by atoms with Crippen LogP contribution in [0.25, 0.3) is 0 Å². The zero-order valence-electron chi connectivity index (χ0n) is 20.4. The number of fused-ring (bicyclic) bond motifs is 1. The molecule has 0 spiro atoms. The summed E-state index contributed by atoms with van der Waals surface area (Å²) in [7, 11) is 3.71. The quantitative estimate of drug-likeness (QED) is 0.556. The van der Waals surface area contributed by atoms with Crippen molar-refractivity contribution in [3.63, 3.8) is 0 Å². The summed E-state index contributed by atoms with van der Waals surface area (Å²) < 4.78 is 11.7. The van der Waals surface area contributed by atoms with E-state index in [1.165, 1.54) is 6.92 Å². The monoisotopic (exact) mass is 518 g/mol. The molecule has 1 N–H and O–H groups in total. The van der Waals surface area contributed by atoms with Gasteiger partial charge in [0.15, 0.2) is 0 Å². The number of carbonyl (C=O) groups excluding carboxylic acids is 2. The molecule has 1 saturated carbocycles. The summed E-state index contributed by atoms with van der Waals surface area (Å²) in [6.45, 7) is 2.99. The van der Waals surface area contributed by atoms with Crippen molar-refractivity contribution in [3.8, 4) is 5.75 Å². The van der Waals surface area contributed by atoms with E-state index in [1.54, 1.807) is 19.2 Å². The average molecular weight is 519 g/mol. The van der Waals surface area contributed by atoms with Crippen LogP contribution >= 0.6 is 23.2 Å². The maximum Gasteiger partial charge on any atom is 0.303 e. The predicted octanol–water partition coefficient (Wildman–Crippen LogP) is 4.79.